The quantitative estimate of drug-likeness (QED) is 0.737. The molecule has 3 unspecified atom stereocenters. The Kier molecular flexibility index (Phi) is 3.59. The Bertz CT molecular complexity index is 183. The van der Waals surface area contributed by atoms with Crippen LogP contribution in [0.1, 0.15) is 47.0 Å². The lowest BCUT2D eigenvalue weighted by Crippen LogP contribution is -2.44. The molecule has 1 aliphatic carbocycles. The minimum atomic E-state index is 0.363. The summed E-state index contributed by atoms with van der Waals surface area (Å²) in [7, 11) is 2.25. The fourth-order valence-corrected chi connectivity index (χ4v) is 2.29. The predicted molar refractivity (Wildman–Crippen MR) is 62.3 cm³/mol. The van der Waals surface area contributed by atoms with Crippen molar-refractivity contribution in [2.45, 2.75) is 65.1 Å². The van der Waals surface area contributed by atoms with Crippen LogP contribution in [0.3, 0.4) is 0 Å². The second-order valence-electron chi connectivity index (χ2n) is 5.93. The first-order valence-corrected chi connectivity index (χ1v) is 5.80. The number of hydrogen-bond donors (Lipinski definition) is 1. The molecule has 84 valence electrons. The van der Waals surface area contributed by atoms with Crippen molar-refractivity contribution in [3.8, 4) is 0 Å². The van der Waals surface area contributed by atoms with Crippen LogP contribution in [0.25, 0.3) is 0 Å². The van der Waals surface area contributed by atoms with E-state index in [1.54, 1.807) is 0 Å². The molecular weight excluding hydrogens is 172 g/mol. The van der Waals surface area contributed by atoms with Crippen LogP contribution in [0.15, 0.2) is 0 Å². The standard InChI is InChI=1S/C12H26N2/c1-9(12(2,3)4)14(5)11-7-6-10(13)8-11/h9-11H,6-8,13H2,1-5H3. The highest BCUT2D eigenvalue weighted by atomic mass is 15.2. The third-order valence-corrected chi connectivity index (χ3v) is 3.89. The van der Waals surface area contributed by atoms with Crippen molar-refractivity contribution >= 4 is 0 Å². The topological polar surface area (TPSA) is 29.3 Å². The van der Waals surface area contributed by atoms with Crippen LogP contribution in [0, 0.1) is 5.41 Å². The summed E-state index contributed by atoms with van der Waals surface area (Å²) < 4.78 is 0. The SMILES string of the molecule is CC(N(C)C1CCC(N)C1)C(C)(C)C. The molecule has 0 aromatic heterocycles. The van der Waals surface area contributed by atoms with E-state index < -0.39 is 0 Å². The normalized spacial score (nSPS) is 31.1. The van der Waals surface area contributed by atoms with Crippen molar-refractivity contribution in [2.24, 2.45) is 11.1 Å². The first-order chi connectivity index (χ1) is 6.32. The minimum absolute atomic E-state index is 0.363. The molecule has 1 fully saturated rings. The zero-order chi connectivity index (χ0) is 10.9. The minimum Gasteiger partial charge on any atom is -0.328 e. The molecule has 0 aliphatic heterocycles. The van der Waals surface area contributed by atoms with Crippen molar-refractivity contribution in [2.75, 3.05) is 7.05 Å². The number of nitrogens with two attached hydrogens (primary N) is 1. The summed E-state index contributed by atoms with van der Waals surface area (Å²) in [6, 6.07) is 1.77. The summed E-state index contributed by atoms with van der Waals surface area (Å²) in [6.07, 6.45) is 3.65. The van der Waals surface area contributed by atoms with Crippen LogP contribution >= 0.6 is 0 Å². The molecule has 1 saturated carbocycles. The summed E-state index contributed by atoms with van der Waals surface area (Å²) in [5, 5.41) is 0. The first-order valence-electron chi connectivity index (χ1n) is 5.80. The van der Waals surface area contributed by atoms with Crippen molar-refractivity contribution in [3.05, 3.63) is 0 Å². The van der Waals surface area contributed by atoms with E-state index in [-0.39, 0.29) is 0 Å². The summed E-state index contributed by atoms with van der Waals surface area (Å²) in [5.74, 6) is 0. The fourth-order valence-electron chi connectivity index (χ4n) is 2.29. The zero-order valence-corrected chi connectivity index (χ0v) is 10.4. The van der Waals surface area contributed by atoms with Gasteiger partial charge >= 0.3 is 0 Å². The Morgan fingerprint density at radius 3 is 2.21 bits per heavy atom. The lowest BCUT2D eigenvalue weighted by Gasteiger charge is -2.39. The van der Waals surface area contributed by atoms with Gasteiger partial charge in [0.15, 0.2) is 0 Å². The number of rotatable bonds is 2. The van der Waals surface area contributed by atoms with Gasteiger partial charge in [-0.2, -0.15) is 0 Å². The molecule has 0 heterocycles. The summed E-state index contributed by atoms with van der Waals surface area (Å²) in [6.45, 7) is 9.25. The maximum absolute atomic E-state index is 5.95. The van der Waals surface area contributed by atoms with Crippen LogP contribution in [0.2, 0.25) is 0 Å². The van der Waals surface area contributed by atoms with E-state index in [0.29, 0.717) is 23.5 Å². The van der Waals surface area contributed by atoms with Crippen LogP contribution < -0.4 is 5.73 Å². The third-order valence-electron chi connectivity index (χ3n) is 3.89. The average Bonchev–Trinajstić information content (AvgIpc) is 2.47. The predicted octanol–water partition coefficient (Wildman–Crippen LogP) is 2.23. The first kappa shape index (κ1) is 12.0. The highest BCUT2D eigenvalue weighted by Crippen LogP contribution is 2.29. The molecule has 0 spiro atoms. The lowest BCUT2D eigenvalue weighted by molar-refractivity contribution is 0.0988. The Morgan fingerprint density at radius 2 is 1.86 bits per heavy atom. The zero-order valence-electron chi connectivity index (χ0n) is 10.4. The van der Waals surface area contributed by atoms with E-state index >= 15 is 0 Å². The van der Waals surface area contributed by atoms with E-state index in [2.05, 4.69) is 39.6 Å². The van der Waals surface area contributed by atoms with Gasteiger partial charge < -0.3 is 10.6 Å². The molecule has 0 aromatic rings. The van der Waals surface area contributed by atoms with Gasteiger partial charge in [0, 0.05) is 18.1 Å². The molecule has 2 nitrogen and oxygen atoms in total. The summed E-state index contributed by atoms with van der Waals surface area (Å²) in [4.78, 5) is 2.52. The Hall–Kier alpha value is -0.0800. The van der Waals surface area contributed by atoms with E-state index in [0.717, 1.165) is 0 Å². The van der Waals surface area contributed by atoms with Crippen LogP contribution in [-0.2, 0) is 0 Å². The Balaban J connectivity index is 2.52. The molecule has 0 bridgehead atoms. The Labute approximate surface area is 88.8 Å². The van der Waals surface area contributed by atoms with Gasteiger partial charge in [0.1, 0.15) is 0 Å². The van der Waals surface area contributed by atoms with Gasteiger partial charge in [-0.15, -0.1) is 0 Å². The average molecular weight is 198 g/mol. The maximum atomic E-state index is 5.95. The fraction of sp³-hybridized carbons (Fsp3) is 1.00. The van der Waals surface area contributed by atoms with Gasteiger partial charge in [-0.3, -0.25) is 0 Å². The molecule has 3 atom stereocenters. The summed E-state index contributed by atoms with van der Waals surface area (Å²) in [5.41, 5.74) is 6.31. The third kappa shape index (κ3) is 2.71. The molecule has 0 radical (unpaired) electrons. The molecule has 14 heavy (non-hydrogen) atoms. The van der Waals surface area contributed by atoms with E-state index in [4.69, 9.17) is 5.73 Å². The Morgan fingerprint density at radius 1 is 1.29 bits per heavy atom. The van der Waals surface area contributed by atoms with Crippen molar-refractivity contribution in [3.63, 3.8) is 0 Å². The van der Waals surface area contributed by atoms with E-state index in [9.17, 15) is 0 Å². The van der Waals surface area contributed by atoms with Crippen molar-refractivity contribution < 1.29 is 0 Å². The van der Waals surface area contributed by atoms with Crippen LogP contribution in [0.4, 0.5) is 0 Å². The van der Waals surface area contributed by atoms with E-state index in [1.165, 1.54) is 19.3 Å². The van der Waals surface area contributed by atoms with E-state index in [1.807, 2.05) is 0 Å². The molecule has 2 N–H and O–H groups in total. The van der Waals surface area contributed by atoms with Crippen molar-refractivity contribution in [1.29, 1.82) is 0 Å². The van der Waals surface area contributed by atoms with Gasteiger partial charge in [0.25, 0.3) is 0 Å². The van der Waals surface area contributed by atoms with Crippen LogP contribution in [0.5, 0.6) is 0 Å². The number of hydrogen-bond acceptors (Lipinski definition) is 2. The molecule has 1 rings (SSSR count). The van der Waals surface area contributed by atoms with Gasteiger partial charge in [-0.1, -0.05) is 20.8 Å². The van der Waals surface area contributed by atoms with Gasteiger partial charge in [-0.25, -0.2) is 0 Å². The second-order valence-corrected chi connectivity index (χ2v) is 5.93. The monoisotopic (exact) mass is 198 g/mol. The molecule has 1 aliphatic rings. The van der Waals surface area contributed by atoms with Gasteiger partial charge in [0.05, 0.1) is 0 Å². The molecule has 0 aromatic carbocycles. The summed E-state index contributed by atoms with van der Waals surface area (Å²) >= 11 is 0. The van der Waals surface area contributed by atoms with Gasteiger partial charge in [0.2, 0.25) is 0 Å². The molecular formula is C12H26N2. The number of nitrogens with zero attached hydrogens (tertiary/aromatic N) is 1. The van der Waals surface area contributed by atoms with Crippen molar-refractivity contribution in [1.82, 2.24) is 4.90 Å². The molecule has 0 amide bonds. The second kappa shape index (κ2) is 4.19. The van der Waals surface area contributed by atoms with Gasteiger partial charge in [-0.05, 0) is 38.6 Å². The maximum Gasteiger partial charge on any atom is 0.0115 e. The smallest absolute Gasteiger partial charge is 0.0115 e. The highest BCUT2D eigenvalue weighted by Gasteiger charge is 2.32. The largest absolute Gasteiger partial charge is 0.328 e. The van der Waals surface area contributed by atoms with Crippen LogP contribution in [-0.4, -0.2) is 30.1 Å². The lowest BCUT2D eigenvalue weighted by atomic mass is 9.86. The molecule has 2 heteroatoms. The molecule has 0 saturated heterocycles. The highest BCUT2D eigenvalue weighted by molar-refractivity contribution is 4.88.